The van der Waals surface area contributed by atoms with Crippen molar-refractivity contribution in [3.8, 4) is 0 Å². The molecule has 0 amide bonds. The Morgan fingerprint density at radius 1 is 0.647 bits per heavy atom. The third-order valence-corrected chi connectivity index (χ3v) is 6.14. The Bertz CT molecular complexity index is 1210. The lowest BCUT2D eigenvalue weighted by Gasteiger charge is -2.12. The van der Waals surface area contributed by atoms with Gasteiger partial charge in [0, 0.05) is 11.4 Å². The minimum atomic E-state index is 1.09. The fourth-order valence-electron chi connectivity index (χ4n) is 4.29. The first-order chi connectivity index (χ1) is 16.6. The second-order valence-corrected chi connectivity index (χ2v) is 9.07. The minimum absolute atomic E-state index is 1.09. The van der Waals surface area contributed by atoms with Crippen molar-refractivity contribution in [3.05, 3.63) is 130 Å². The molecule has 0 aliphatic heterocycles. The molecule has 0 bridgehead atoms. The Morgan fingerprint density at radius 3 is 1.91 bits per heavy atom. The summed E-state index contributed by atoms with van der Waals surface area (Å²) in [6.07, 6.45) is 6.87. The average Bonchev–Trinajstić information content (AvgIpc) is 2.86. The maximum Gasteiger partial charge on any atom is 0.0384 e. The monoisotopic (exact) mass is 445 g/mol. The van der Waals surface area contributed by atoms with Gasteiger partial charge in [-0.3, -0.25) is 0 Å². The molecule has 0 unspecified atom stereocenters. The molecule has 0 aliphatic carbocycles. The number of benzene rings is 4. The van der Waals surface area contributed by atoms with Crippen molar-refractivity contribution in [2.75, 3.05) is 5.32 Å². The normalized spacial score (nSPS) is 11.4. The van der Waals surface area contributed by atoms with E-state index in [1.54, 1.807) is 0 Å². The predicted molar refractivity (Wildman–Crippen MR) is 149 cm³/mol. The Balaban J connectivity index is 1.65. The highest BCUT2D eigenvalue weighted by Crippen LogP contribution is 2.28. The summed E-state index contributed by atoms with van der Waals surface area (Å²) < 4.78 is 0. The molecular weight excluding hydrogens is 410 g/mol. The zero-order valence-electron chi connectivity index (χ0n) is 20.6. The van der Waals surface area contributed by atoms with E-state index in [1.165, 1.54) is 45.4 Å². The van der Waals surface area contributed by atoms with Gasteiger partial charge in [0.2, 0.25) is 0 Å². The van der Waals surface area contributed by atoms with Gasteiger partial charge in [0.15, 0.2) is 0 Å². The van der Waals surface area contributed by atoms with Gasteiger partial charge in [0.1, 0.15) is 0 Å². The van der Waals surface area contributed by atoms with Gasteiger partial charge in [-0.05, 0) is 83.5 Å². The van der Waals surface area contributed by atoms with Crippen molar-refractivity contribution in [1.82, 2.24) is 0 Å². The zero-order valence-corrected chi connectivity index (χ0v) is 20.6. The van der Waals surface area contributed by atoms with Gasteiger partial charge in [0.25, 0.3) is 0 Å². The maximum absolute atomic E-state index is 3.49. The van der Waals surface area contributed by atoms with Crippen LogP contribution in [0, 0.1) is 6.92 Å². The van der Waals surface area contributed by atoms with Gasteiger partial charge in [-0.1, -0.05) is 105 Å². The lowest BCUT2D eigenvalue weighted by Crippen LogP contribution is -1.93. The van der Waals surface area contributed by atoms with Gasteiger partial charge in [-0.2, -0.15) is 0 Å². The van der Waals surface area contributed by atoms with Crippen molar-refractivity contribution >= 4 is 23.0 Å². The maximum atomic E-state index is 3.49. The minimum Gasteiger partial charge on any atom is -0.356 e. The predicted octanol–water partition coefficient (Wildman–Crippen LogP) is 9.23. The van der Waals surface area contributed by atoms with Crippen LogP contribution >= 0.6 is 0 Å². The average molecular weight is 446 g/mol. The molecule has 0 aliphatic rings. The Kier molecular flexibility index (Phi) is 7.99. The van der Waals surface area contributed by atoms with E-state index in [9.17, 15) is 0 Å². The van der Waals surface area contributed by atoms with Crippen LogP contribution in [0.1, 0.15) is 60.1 Å². The molecule has 0 spiro atoms. The van der Waals surface area contributed by atoms with E-state index in [0.29, 0.717) is 0 Å². The molecule has 0 atom stereocenters. The molecule has 34 heavy (non-hydrogen) atoms. The Labute approximate surface area is 205 Å². The lowest BCUT2D eigenvalue weighted by molar-refractivity contribution is 0.921. The quantitative estimate of drug-likeness (QED) is 0.253. The molecule has 4 aromatic carbocycles. The van der Waals surface area contributed by atoms with Gasteiger partial charge in [-0.15, -0.1) is 0 Å². The topological polar surface area (TPSA) is 12.0 Å². The highest BCUT2D eigenvalue weighted by molar-refractivity contribution is 5.91. The van der Waals surface area contributed by atoms with Crippen LogP contribution < -0.4 is 5.32 Å². The number of rotatable bonds is 9. The van der Waals surface area contributed by atoms with E-state index in [1.807, 2.05) is 0 Å². The molecule has 4 rings (SSSR count). The van der Waals surface area contributed by atoms with E-state index < -0.39 is 0 Å². The van der Waals surface area contributed by atoms with Crippen molar-refractivity contribution in [1.29, 1.82) is 0 Å². The summed E-state index contributed by atoms with van der Waals surface area (Å²) in [7, 11) is 0. The number of hydrogen-bond acceptors (Lipinski definition) is 1. The third kappa shape index (κ3) is 6.26. The van der Waals surface area contributed by atoms with Crippen LogP contribution in [0.2, 0.25) is 0 Å². The summed E-state index contributed by atoms with van der Waals surface area (Å²) in [5.74, 6) is 0. The summed E-state index contributed by atoms with van der Waals surface area (Å²) in [6.45, 7) is 6.58. The molecule has 1 N–H and O–H groups in total. The largest absolute Gasteiger partial charge is 0.356 e. The van der Waals surface area contributed by atoms with Crippen molar-refractivity contribution < 1.29 is 0 Å². The summed E-state index contributed by atoms with van der Waals surface area (Å²) in [5, 5.41) is 3.49. The molecule has 0 radical (unpaired) electrons. The van der Waals surface area contributed by atoms with Gasteiger partial charge >= 0.3 is 0 Å². The molecule has 0 saturated heterocycles. The fraction of sp³-hybridized carbons (Fsp3) is 0.212. The SMILES string of the molecule is CCCc1ccc(C(=Cc2ccc(Nc3ccc(C)cc3)cc2)c2cccc(CCC)c2)cc1. The van der Waals surface area contributed by atoms with E-state index in [2.05, 4.69) is 129 Å². The van der Waals surface area contributed by atoms with Crippen LogP contribution in [-0.2, 0) is 12.8 Å². The highest BCUT2D eigenvalue weighted by atomic mass is 14.9. The van der Waals surface area contributed by atoms with Crippen molar-refractivity contribution in [2.24, 2.45) is 0 Å². The van der Waals surface area contributed by atoms with Gasteiger partial charge in [-0.25, -0.2) is 0 Å². The zero-order chi connectivity index (χ0) is 23.8. The molecule has 1 nitrogen and oxygen atoms in total. The van der Waals surface area contributed by atoms with Crippen LogP contribution in [0.4, 0.5) is 11.4 Å². The molecule has 0 aromatic heterocycles. The number of anilines is 2. The molecular formula is C33H35N. The first-order valence-corrected chi connectivity index (χ1v) is 12.5. The van der Waals surface area contributed by atoms with Crippen LogP contribution in [0.3, 0.4) is 0 Å². The van der Waals surface area contributed by atoms with Crippen LogP contribution in [-0.4, -0.2) is 0 Å². The summed E-state index contributed by atoms with van der Waals surface area (Å²) in [6, 6.07) is 35.3. The highest BCUT2D eigenvalue weighted by Gasteiger charge is 2.08. The van der Waals surface area contributed by atoms with E-state index in [-0.39, 0.29) is 0 Å². The summed E-state index contributed by atoms with van der Waals surface area (Å²) in [4.78, 5) is 0. The summed E-state index contributed by atoms with van der Waals surface area (Å²) in [5.41, 5.74) is 11.3. The number of nitrogens with one attached hydrogen (secondary N) is 1. The Morgan fingerprint density at radius 2 is 1.26 bits per heavy atom. The van der Waals surface area contributed by atoms with Crippen LogP contribution in [0.25, 0.3) is 11.6 Å². The molecule has 1 heteroatoms. The Hall–Kier alpha value is -3.58. The van der Waals surface area contributed by atoms with E-state index >= 15 is 0 Å². The molecule has 4 aromatic rings. The smallest absolute Gasteiger partial charge is 0.0384 e. The van der Waals surface area contributed by atoms with Crippen molar-refractivity contribution in [2.45, 2.75) is 46.5 Å². The molecule has 0 heterocycles. The molecule has 172 valence electrons. The van der Waals surface area contributed by atoms with Crippen LogP contribution in [0.5, 0.6) is 0 Å². The first-order valence-electron chi connectivity index (χ1n) is 12.5. The van der Waals surface area contributed by atoms with Gasteiger partial charge < -0.3 is 5.32 Å². The van der Waals surface area contributed by atoms with E-state index in [0.717, 1.165) is 30.6 Å². The lowest BCUT2D eigenvalue weighted by atomic mass is 9.93. The van der Waals surface area contributed by atoms with Crippen molar-refractivity contribution in [3.63, 3.8) is 0 Å². The fourth-order valence-corrected chi connectivity index (χ4v) is 4.29. The third-order valence-electron chi connectivity index (χ3n) is 6.14. The number of aryl methyl sites for hydroxylation is 3. The van der Waals surface area contributed by atoms with Crippen LogP contribution in [0.15, 0.2) is 97.1 Å². The first kappa shape index (κ1) is 23.6. The molecule has 0 fully saturated rings. The van der Waals surface area contributed by atoms with E-state index in [4.69, 9.17) is 0 Å². The second kappa shape index (κ2) is 11.5. The summed E-state index contributed by atoms with van der Waals surface area (Å²) >= 11 is 0. The van der Waals surface area contributed by atoms with Gasteiger partial charge in [0.05, 0.1) is 0 Å². The molecule has 0 saturated carbocycles. The second-order valence-electron chi connectivity index (χ2n) is 9.07. The number of hydrogen-bond donors (Lipinski definition) is 1. The standard InChI is InChI=1S/C33H35N/c1-4-7-26-13-17-29(18-14-26)33(30-10-6-9-27(23-30)8-5-2)24-28-15-21-32(22-16-28)34-31-19-11-25(3)12-20-31/h6,9-24,34H,4-5,7-8H2,1-3H3.